The lowest BCUT2D eigenvalue weighted by Gasteiger charge is -2.21. The van der Waals surface area contributed by atoms with Crippen molar-refractivity contribution in [3.63, 3.8) is 0 Å². The third-order valence-corrected chi connectivity index (χ3v) is 3.22. The van der Waals surface area contributed by atoms with Gasteiger partial charge in [0.15, 0.2) is 0 Å². The molecule has 0 bridgehead atoms. The summed E-state index contributed by atoms with van der Waals surface area (Å²) in [5, 5.41) is 3.34. The molecule has 2 unspecified atom stereocenters. The van der Waals surface area contributed by atoms with Crippen molar-refractivity contribution in [3.05, 3.63) is 0 Å². The molecule has 0 rings (SSSR count). The van der Waals surface area contributed by atoms with Crippen LogP contribution in [0.4, 0.5) is 0 Å². The second-order valence-electron chi connectivity index (χ2n) is 5.11. The van der Waals surface area contributed by atoms with Crippen molar-refractivity contribution in [1.82, 2.24) is 5.32 Å². The molecule has 0 aromatic carbocycles. The van der Waals surface area contributed by atoms with Crippen molar-refractivity contribution < 1.29 is 18.9 Å². The van der Waals surface area contributed by atoms with E-state index >= 15 is 0 Å². The standard InChI is InChI=1S/C16H35NO4/c1-5-7-8-18-9-10-19-11-12-20-13-14-21-16(4)15(3)17-6-2/h15-17H,5-14H2,1-4H3. The molecule has 0 aliphatic carbocycles. The Morgan fingerprint density at radius 3 is 1.81 bits per heavy atom. The number of nitrogens with one attached hydrogen (secondary N) is 1. The highest BCUT2D eigenvalue weighted by molar-refractivity contribution is 4.66. The minimum Gasteiger partial charge on any atom is -0.379 e. The molecule has 0 fully saturated rings. The molecule has 2 atom stereocenters. The fourth-order valence-corrected chi connectivity index (χ4v) is 1.71. The molecule has 0 spiro atoms. The maximum absolute atomic E-state index is 5.69. The van der Waals surface area contributed by atoms with Gasteiger partial charge in [-0.1, -0.05) is 20.3 Å². The average Bonchev–Trinajstić information content (AvgIpc) is 2.48. The lowest BCUT2D eigenvalue weighted by atomic mass is 10.2. The molecule has 0 heterocycles. The first-order valence-electron chi connectivity index (χ1n) is 8.30. The predicted octanol–water partition coefficient (Wildman–Crippen LogP) is 2.24. The molecule has 5 nitrogen and oxygen atoms in total. The van der Waals surface area contributed by atoms with Crippen LogP contribution in [0, 0.1) is 0 Å². The van der Waals surface area contributed by atoms with Crippen LogP contribution in [0.25, 0.3) is 0 Å². The average molecular weight is 305 g/mol. The number of unbranched alkanes of at least 4 members (excludes halogenated alkanes) is 1. The van der Waals surface area contributed by atoms with Crippen LogP contribution in [0.15, 0.2) is 0 Å². The van der Waals surface area contributed by atoms with Gasteiger partial charge in [-0.3, -0.25) is 0 Å². The minimum atomic E-state index is 0.199. The van der Waals surface area contributed by atoms with E-state index < -0.39 is 0 Å². The van der Waals surface area contributed by atoms with Gasteiger partial charge >= 0.3 is 0 Å². The molecule has 5 heteroatoms. The van der Waals surface area contributed by atoms with Crippen molar-refractivity contribution in [2.75, 3.05) is 52.8 Å². The maximum Gasteiger partial charge on any atom is 0.0704 e. The van der Waals surface area contributed by atoms with Crippen LogP contribution in [0.3, 0.4) is 0 Å². The molecular weight excluding hydrogens is 270 g/mol. The number of likely N-dealkylation sites (N-methyl/N-ethyl adjacent to an activating group) is 1. The smallest absolute Gasteiger partial charge is 0.0704 e. The molecule has 0 aromatic heterocycles. The van der Waals surface area contributed by atoms with Crippen LogP contribution in [-0.2, 0) is 18.9 Å². The van der Waals surface area contributed by atoms with E-state index in [-0.39, 0.29) is 6.10 Å². The quantitative estimate of drug-likeness (QED) is 0.443. The van der Waals surface area contributed by atoms with Crippen molar-refractivity contribution in [2.45, 2.75) is 52.7 Å². The normalized spacial score (nSPS) is 14.3. The Balaban J connectivity index is 3.15. The summed E-state index contributed by atoms with van der Waals surface area (Å²) in [7, 11) is 0. The van der Waals surface area contributed by atoms with E-state index in [9.17, 15) is 0 Å². The van der Waals surface area contributed by atoms with E-state index in [1.165, 1.54) is 6.42 Å². The fraction of sp³-hybridized carbons (Fsp3) is 1.00. The molecule has 0 saturated heterocycles. The molecule has 0 saturated carbocycles. The highest BCUT2D eigenvalue weighted by Gasteiger charge is 2.10. The zero-order valence-corrected chi connectivity index (χ0v) is 14.4. The molecule has 0 aliphatic heterocycles. The van der Waals surface area contributed by atoms with E-state index in [4.69, 9.17) is 18.9 Å². The number of hydrogen-bond acceptors (Lipinski definition) is 5. The first-order chi connectivity index (χ1) is 10.2. The van der Waals surface area contributed by atoms with Crippen molar-refractivity contribution in [2.24, 2.45) is 0 Å². The number of hydrogen-bond donors (Lipinski definition) is 1. The Morgan fingerprint density at radius 2 is 1.29 bits per heavy atom. The maximum atomic E-state index is 5.69. The molecule has 1 N–H and O–H groups in total. The fourth-order valence-electron chi connectivity index (χ4n) is 1.71. The van der Waals surface area contributed by atoms with Gasteiger partial charge in [0.1, 0.15) is 0 Å². The minimum absolute atomic E-state index is 0.199. The summed E-state index contributed by atoms with van der Waals surface area (Å²) in [5.41, 5.74) is 0. The van der Waals surface area contributed by atoms with Gasteiger partial charge in [0.25, 0.3) is 0 Å². The molecule has 21 heavy (non-hydrogen) atoms. The lowest BCUT2D eigenvalue weighted by molar-refractivity contribution is -0.0212. The lowest BCUT2D eigenvalue weighted by Crippen LogP contribution is -2.37. The predicted molar refractivity (Wildman–Crippen MR) is 85.9 cm³/mol. The van der Waals surface area contributed by atoms with Crippen LogP contribution < -0.4 is 5.32 Å². The van der Waals surface area contributed by atoms with Gasteiger partial charge in [0, 0.05) is 12.6 Å². The van der Waals surface area contributed by atoms with Gasteiger partial charge < -0.3 is 24.3 Å². The summed E-state index contributed by atoms with van der Waals surface area (Å²) in [6.45, 7) is 14.0. The third-order valence-electron chi connectivity index (χ3n) is 3.22. The van der Waals surface area contributed by atoms with Gasteiger partial charge in [-0.25, -0.2) is 0 Å². The number of rotatable bonds is 16. The zero-order chi connectivity index (χ0) is 15.8. The first-order valence-corrected chi connectivity index (χ1v) is 8.30. The summed E-state index contributed by atoms with van der Waals surface area (Å²) < 4.78 is 22.0. The van der Waals surface area contributed by atoms with Crippen molar-refractivity contribution >= 4 is 0 Å². The first kappa shape index (κ1) is 20.8. The Labute approximate surface area is 130 Å². The molecule has 0 amide bonds. The summed E-state index contributed by atoms with van der Waals surface area (Å²) in [4.78, 5) is 0. The van der Waals surface area contributed by atoms with Gasteiger partial charge in [-0.05, 0) is 26.8 Å². The largest absolute Gasteiger partial charge is 0.379 e. The Bertz CT molecular complexity index is 205. The van der Waals surface area contributed by atoms with E-state index in [1.807, 2.05) is 0 Å². The molecule has 128 valence electrons. The van der Waals surface area contributed by atoms with E-state index in [1.54, 1.807) is 0 Å². The van der Waals surface area contributed by atoms with E-state index in [0.29, 0.717) is 45.7 Å². The summed E-state index contributed by atoms with van der Waals surface area (Å²) in [6, 6.07) is 0.367. The third kappa shape index (κ3) is 14.5. The van der Waals surface area contributed by atoms with Crippen LogP contribution in [0.5, 0.6) is 0 Å². The van der Waals surface area contributed by atoms with Crippen LogP contribution >= 0.6 is 0 Å². The van der Waals surface area contributed by atoms with E-state index in [2.05, 4.69) is 33.0 Å². The van der Waals surface area contributed by atoms with Gasteiger partial charge in [0.2, 0.25) is 0 Å². The Hall–Kier alpha value is -0.200. The van der Waals surface area contributed by atoms with Gasteiger partial charge in [-0.15, -0.1) is 0 Å². The Kier molecular flexibility index (Phi) is 16.0. The van der Waals surface area contributed by atoms with Crippen molar-refractivity contribution in [1.29, 1.82) is 0 Å². The summed E-state index contributed by atoms with van der Waals surface area (Å²) in [5.74, 6) is 0. The van der Waals surface area contributed by atoms with Crippen LogP contribution in [0.2, 0.25) is 0 Å². The summed E-state index contributed by atoms with van der Waals surface area (Å²) in [6.07, 6.45) is 2.49. The highest BCUT2D eigenvalue weighted by atomic mass is 16.6. The monoisotopic (exact) mass is 305 g/mol. The summed E-state index contributed by atoms with van der Waals surface area (Å²) >= 11 is 0. The molecular formula is C16H35NO4. The highest BCUT2D eigenvalue weighted by Crippen LogP contribution is 1.97. The second-order valence-corrected chi connectivity index (χ2v) is 5.11. The van der Waals surface area contributed by atoms with Crippen molar-refractivity contribution in [3.8, 4) is 0 Å². The SMILES string of the molecule is CCCCOCCOCCOCCOC(C)C(C)NCC. The van der Waals surface area contributed by atoms with E-state index in [0.717, 1.165) is 19.6 Å². The molecule has 0 radical (unpaired) electrons. The molecule has 0 aliphatic rings. The zero-order valence-electron chi connectivity index (χ0n) is 14.4. The van der Waals surface area contributed by atoms with Crippen LogP contribution in [0.1, 0.15) is 40.5 Å². The van der Waals surface area contributed by atoms with Gasteiger partial charge in [-0.2, -0.15) is 0 Å². The van der Waals surface area contributed by atoms with Gasteiger partial charge in [0.05, 0.1) is 45.7 Å². The topological polar surface area (TPSA) is 49.0 Å². The number of ether oxygens (including phenoxy) is 4. The second kappa shape index (κ2) is 16.2. The molecule has 0 aromatic rings. The van der Waals surface area contributed by atoms with Crippen LogP contribution in [-0.4, -0.2) is 64.9 Å². The Morgan fingerprint density at radius 1 is 0.762 bits per heavy atom.